The first-order valence-electron chi connectivity index (χ1n) is 8.19. The normalized spacial score (nSPS) is 25.8. The van der Waals surface area contributed by atoms with Crippen molar-refractivity contribution in [2.45, 2.75) is 43.9 Å². The zero-order valence-corrected chi connectivity index (χ0v) is 12.9. The van der Waals surface area contributed by atoms with Gasteiger partial charge in [-0.3, -0.25) is 4.98 Å². The molecule has 4 heteroatoms. The van der Waals surface area contributed by atoms with Crippen LogP contribution in [0.1, 0.15) is 31.2 Å². The van der Waals surface area contributed by atoms with E-state index in [1.54, 1.807) is 6.20 Å². The fourth-order valence-electron chi connectivity index (χ4n) is 3.71. The molecule has 2 aliphatic heterocycles. The fourth-order valence-corrected chi connectivity index (χ4v) is 3.71. The summed E-state index contributed by atoms with van der Waals surface area (Å²) in [5, 5.41) is 12.9. The second-order valence-electron chi connectivity index (χ2n) is 6.42. The summed E-state index contributed by atoms with van der Waals surface area (Å²) in [6, 6.07) is 14.9. The molecule has 0 aliphatic carbocycles. The van der Waals surface area contributed by atoms with Crippen LogP contribution in [0, 0.1) is 11.3 Å². The standard InChI is InChI=1S/C19H19N3O/c20-12-13-7-14(19-3-1-2-6-21-19)9-17(8-13)23-18-10-15-4-5-16(11-18)22-15/h1-3,6-9,15-16,18,22H,4-5,10-11H2. The van der Waals surface area contributed by atoms with Gasteiger partial charge in [0, 0.05) is 23.8 Å². The molecule has 0 amide bonds. The molecule has 2 bridgehead atoms. The predicted molar refractivity (Wildman–Crippen MR) is 88.0 cm³/mol. The summed E-state index contributed by atoms with van der Waals surface area (Å²) in [7, 11) is 0. The number of hydrogen-bond acceptors (Lipinski definition) is 4. The van der Waals surface area contributed by atoms with Crippen LogP contribution in [0.15, 0.2) is 42.6 Å². The molecule has 2 fully saturated rings. The van der Waals surface area contributed by atoms with Crippen molar-refractivity contribution in [1.82, 2.24) is 10.3 Å². The van der Waals surface area contributed by atoms with Crippen molar-refractivity contribution in [1.29, 1.82) is 5.26 Å². The van der Waals surface area contributed by atoms with Crippen molar-refractivity contribution in [3.05, 3.63) is 48.2 Å². The Balaban J connectivity index is 1.60. The Kier molecular flexibility index (Phi) is 3.72. The molecule has 2 aromatic rings. The maximum atomic E-state index is 9.30. The molecule has 2 aliphatic rings. The van der Waals surface area contributed by atoms with Crippen LogP contribution in [-0.2, 0) is 0 Å². The number of nitrogens with one attached hydrogen (secondary N) is 1. The minimum atomic E-state index is 0.235. The Morgan fingerprint density at radius 1 is 1.13 bits per heavy atom. The van der Waals surface area contributed by atoms with Gasteiger partial charge in [0.1, 0.15) is 11.9 Å². The molecule has 4 rings (SSSR count). The Hall–Kier alpha value is -2.38. The van der Waals surface area contributed by atoms with E-state index in [0.29, 0.717) is 17.6 Å². The number of pyridine rings is 1. The van der Waals surface area contributed by atoms with Crippen LogP contribution < -0.4 is 10.1 Å². The summed E-state index contributed by atoms with van der Waals surface area (Å²) >= 11 is 0. The molecule has 0 radical (unpaired) electrons. The Morgan fingerprint density at radius 3 is 2.65 bits per heavy atom. The van der Waals surface area contributed by atoms with Crippen LogP contribution in [0.4, 0.5) is 0 Å². The largest absolute Gasteiger partial charge is 0.490 e. The zero-order chi connectivity index (χ0) is 15.6. The maximum Gasteiger partial charge on any atom is 0.121 e. The number of ether oxygens (including phenoxy) is 1. The second kappa shape index (κ2) is 6.02. The molecule has 2 atom stereocenters. The highest BCUT2D eigenvalue weighted by molar-refractivity contribution is 5.63. The molecule has 3 heterocycles. The molecule has 2 saturated heterocycles. The lowest BCUT2D eigenvalue weighted by Gasteiger charge is -2.29. The highest BCUT2D eigenvalue weighted by Gasteiger charge is 2.34. The summed E-state index contributed by atoms with van der Waals surface area (Å²) in [6.07, 6.45) is 6.60. The fraction of sp³-hybridized carbons (Fsp3) is 0.368. The van der Waals surface area contributed by atoms with Crippen molar-refractivity contribution < 1.29 is 4.74 Å². The van der Waals surface area contributed by atoms with Crippen LogP contribution in [0.3, 0.4) is 0 Å². The second-order valence-corrected chi connectivity index (χ2v) is 6.42. The molecule has 1 aromatic heterocycles. The van der Waals surface area contributed by atoms with Crippen LogP contribution in [0.2, 0.25) is 0 Å². The van der Waals surface area contributed by atoms with Gasteiger partial charge in [0.2, 0.25) is 0 Å². The summed E-state index contributed by atoms with van der Waals surface area (Å²) in [5.74, 6) is 0.774. The van der Waals surface area contributed by atoms with Gasteiger partial charge >= 0.3 is 0 Å². The third kappa shape index (κ3) is 3.06. The van der Waals surface area contributed by atoms with Crippen LogP contribution in [0.25, 0.3) is 11.3 Å². The van der Waals surface area contributed by atoms with Crippen molar-refractivity contribution in [3.8, 4) is 23.1 Å². The third-order valence-corrected chi connectivity index (χ3v) is 4.73. The van der Waals surface area contributed by atoms with E-state index in [-0.39, 0.29) is 6.10 Å². The number of benzene rings is 1. The smallest absolute Gasteiger partial charge is 0.121 e. The number of hydrogen-bond donors (Lipinski definition) is 1. The molecule has 1 N–H and O–H groups in total. The summed E-state index contributed by atoms with van der Waals surface area (Å²) < 4.78 is 6.22. The van der Waals surface area contributed by atoms with E-state index in [1.807, 2.05) is 36.4 Å². The molecular weight excluding hydrogens is 286 g/mol. The maximum absolute atomic E-state index is 9.30. The van der Waals surface area contributed by atoms with Crippen molar-refractivity contribution in [2.24, 2.45) is 0 Å². The lowest BCUT2D eigenvalue weighted by Crippen LogP contribution is -2.42. The van der Waals surface area contributed by atoms with Crippen molar-refractivity contribution >= 4 is 0 Å². The lowest BCUT2D eigenvalue weighted by atomic mass is 10.0. The van der Waals surface area contributed by atoms with Gasteiger partial charge in [-0.1, -0.05) is 6.07 Å². The van der Waals surface area contributed by atoms with E-state index in [0.717, 1.165) is 29.8 Å². The third-order valence-electron chi connectivity index (χ3n) is 4.73. The van der Waals surface area contributed by atoms with Gasteiger partial charge in [-0.05, 0) is 56.0 Å². The molecule has 0 saturated carbocycles. The van der Waals surface area contributed by atoms with Crippen molar-refractivity contribution in [3.63, 3.8) is 0 Å². The number of nitriles is 1. The molecule has 0 spiro atoms. The van der Waals surface area contributed by atoms with Crippen LogP contribution >= 0.6 is 0 Å². The Morgan fingerprint density at radius 2 is 1.96 bits per heavy atom. The van der Waals surface area contributed by atoms with Crippen molar-refractivity contribution in [2.75, 3.05) is 0 Å². The van der Waals surface area contributed by atoms with E-state index in [2.05, 4.69) is 16.4 Å². The minimum absolute atomic E-state index is 0.235. The number of rotatable bonds is 3. The van der Waals surface area contributed by atoms with Gasteiger partial charge < -0.3 is 10.1 Å². The Labute approximate surface area is 136 Å². The number of aromatic nitrogens is 1. The zero-order valence-electron chi connectivity index (χ0n) is 12.9. The minimum Gasteiger partial charge on any atom is -0.490 e. The average molecular weight is 305 g/mol. The summed E-state index contributed by atoms with van der Waals surface area (Å²) in [4.78, 5) is 4.37. The highest BCUT2D eigenvalue weighted by atomic mass is 16.5. The average Bonchev–Trinajstić information content (AvgIpc) is 2.94. The van der Waals surface area contributed by atoms with E-state index in [4.69, 9.17) is 4.74 Å². The summed E-state index contributed by atoms with van der Waals surface area (Å²) in [5.41, 5.74) is 2.40. The van der Waals surface area contributed by atoms with Gasteiger partial charge in [0.25, 0.3) is 0 Å². The van der Waals surface area contributed by atoms with Crippen LogP contribution in [0.5, 0.6) is 5.75 Å². The first-order valence-corrected chi connectivity index (χ1v) is 8.19. The first kappa shape index (κ1) is 14.2. The van der Waals surface area contributed by atoms with E-state index < -0.39 is 0 Å². The van der Waals surface area contributed by atoms with Gasteiger partial charge in [0.15, 0.2) is 0 Å². The van der Waals surface area contributed by atoms with E-state index in [1.165, 1.54) is 12.8 Å². The highest BCUT2D eigenvalue weighted by Crippen LogP contribution is 2.31. The number of fused-ring (bicyclic) bond motifs is 2. The molecule has 1 aromatic carbocycles. The molecule has 116 valence electrons. The van der Waals surface area contributed by atoms with Gasteiger partial charge in [-0.2, -0.15) is 5.26 Å². The number of nitrogens with zero attached hydrogens (tertiary/aromatic N) is 2. The Bertz CT molecular complexity index is 726. The quantitative estimate of drug-likeness (QED) is 0.945. The summed E-state index contributed by atoms with van der Waals surface area (Å²) in [6.45, 7) is 0. The lowest BCUT2D eigenvalue weighted by molar-refractivity contribution is 0.137. The topological polar surface area (TPSA) is 57.9 Å². The molecule has 4 nitrogen and oxygen atoms in total. The monoisotopic (exact) mass is 305 g/mol. The van der Waals surface area contributed by atoms with Crippen LogP contribution in [-0.4, -0.2) is 23.2 Å². The van der Waals surface area contributed by atoms with E-state index in [9.17, 15) is 5.26 Å². The SMILES string of the molecule is N#Cc1cc(OC2CC3CCC(C2)N3)cc(-c2ccccn2)c1. The predicted octanol–water partition coefficient (Wildman–Crippen LogP) is 3.28. The first-order chi connectivity index (χ1) is 11.3. The molecule has 23 heavy (non-hydrogen) atoms. The van der Waals surface area contributed by atoms with Gasteiger partial charge in [-0.25, -0.2) is 0 Å². The van der Waals surface area contributed by atoms with Gasteiger partial charge in [0.05, 0.1) is 17.3 Å². The molecule has 2 unspecified atom stereocenters. The molecular formula is C19H19N3O. The van der Waals surface area contributed by atoms with E-state index >= 15 is 0 Å². The van der Waals surface area contributed by atoms with Gasteiger partial charge in [-0.15, -0.1) is 0 Å². The number of piperidine rings is 1.